The fraction of sp³-hybridized carbons (Fsp3) is 0.375. The Morgan fingerprint density at radius 2 is 1.84 bits per heavy atom. The Kier molecular flexibility index (Phi) is 6.04. The number of carbonyl (C=O) groups is 1. The number of hydrogen-bond acceptors (Lipinski definition) is 4. The normalized spacial score (nSPS) is 15.9. The lowest BCUT2D eigenvalue weighted by Crippen LogP contribution is -2.48. The summed E-state index contributed by atoms with van der Waals surface area (Å²) in [6, 6.07) is 14.8. The van der Waals surface area contributed by atoms with E-state index in [1.807, 2.05) is 30.1 Å². The third-order valence-electron chi connectivity index (χ3n) is 6.34. The molecule has 0 aliphatic carbocycles. The van der Waals surface area contributed by atoms with E-state index in [-0.39, 0.29) is 22.4 Å². The van der Waals surface area contributed by atoms with Crippen molar-refractivity contribution in [2.75, 3.05) is 32.7 Å². The van der Waals surface area contributed by atoms with Gasteiger partial charge in [0.2, 0.25) is 5.91 Å². The van der Waals surface area contributed by atoms with E-state index in [1.165, 1.54) is 6.07 Å². The molecule has 0 N–H and O–H groups in total. The second-order valence-corrected chi connectivity index (χ2v) is 8.14. The van der Waals surface area contributed by atoms with Gasteiger partial charge in [0.05, 0.1) is 4.92 Å². The number of nitro groups is 1. The summed E-state index contributed by atoms with van der Waals surface area (Å²) in [5, 5.41) is 12.5. The molecule has 7 nitrogen and oxygen atoms in total. The molecule has 0 saturated carbocycles. The van der Waals surface area contributed by atoms with Gasteiger partial charge in [0.15, 0.2) is 0 Å². The lowest BCUT2D eigenvalue weighted by molar-refractivity contribution is -0.384. The number of aryl methyl sites for hydroxylation is 1. The molecule has 1 saturated heterocycles. The predicted octanol–water partition coefficient (Wildman–Crippen LogP) is 3.77. The van der Waals surface area contributed by atoms with E-state index in [1.54, 1.807) is 12.1 Å². The number of non-ortho nitro benzene ring substituents is 1. The van der Waals surface area contributed by atoms with Crippen molar-refractivity contribution in [1.82, 2.24) is 14.4 Å². The molecule has 1 fully saturated rings. The Morgan fingerprint density at radius 3 is 2.55 bits per heavy atom. The van der Waals surface area contributed by atoms with E-state index < -0.39 is 0 Å². The van der Waals surface area contributed by atoms with E-state index in [4.69, 9.17) is 0 Å². The van der Waals surface area contributed by atoms with Crippen molar-refractivity contribution in [3.63, 3.8) is 0 Å². The molecule has 2 heterocycles. The molecule has 1 unspecified atom stereocenters. The average molecular weight is 421 g/mol. The third kappa shape index (κ3) is 4.32. The van der Waals surface area contributed by atoms with Crippen molar-refractivity contribution in [1.29, 1.82) is 0 Å². The molecule has 1 amide bonds. The van der Waals surface area contributed by atoms with Crippen LogP contribution in [0.4, 0.5) is 5.69 Å². The zero-order valence-electron chi connectivity index (χ0n) is 18.0. The first kappa shape index (κ1) is 21.1. The van der Waals surface area contributed by atoms with Gasteiger partial charge < -0.3 is 14.4 Å². The van der Waals surface area contributed by atoms with Crippen molar-refractivity contribution in [2.24, 2.45) is 7.05 Å². The molecular weight excluding hydrogens is 392 g/mol. The third-order valence-corrected chi connectivity index (χ3v) is 6.34. The largest absolute Gasteiger partial charge is 0.350 e. The van der Waals surface area contributed by atoms with Crippen molar-refractivity contribution in [2.45, 2.75) is 19.3 Å². The van der Waals surface area contributed by atoms with Crippen molar-refractivity contribution >= 4 is 22.5 Å². The van der Waals surface area contributed by atoms with Crippen LogP contribution in [0.15, 0.2) is 54.7 Å². The molecule has 2 aromatic carbocycles. The lowest BCUT2D eigenvalue weighted by atomic mass is 9.87. The first-order chi connectivity index (χ1) is 15.0. The number of rotatable bonds is 6. The predicted molar refractivity (Wildman–Crippen MR) is 121 cm³/mol. The number of fused-ring (bicyclic) bond motifs is 1. The molecule has 1 aliphatic heterocycles. The summed E-state index contributed by atoms with van der Waals surface area (Å²) in [7, 11) is 1.99. The summed E-state index contributed by atoms with van der Waals surface area (Å²) in [5.74, 6) is -0.150. The van der Waals surface area contributed by atoms with E-state index in [2.05, 4.69) is 34.7 Å². The van der Waals surface area contributed by atoms with Gasteiger partial charge in [-0.05, 0) is 23.7 Å². The highest BCUT2D eigenvalue weighted by molar-refractivity contribution is 5.86. The highest BCUT2D eigenvalue weighted by atomic mass is 16.6. The molecular formula is C24H28N4O3. The van der Waals surface area contributed by atoms with Gasteiger partial charge in [0.25, 0.3) is 5.69 Å². The minimum atomic E-state index is -0.380. The molecule has 0 spiro atoms. The fourth-order valence-electron chi connectivity index (χ4n) is 4.53. The minimum Gasteiger partial charge on any atom is -0.350 e. The highest BCUT2D eigenvalue weighted by Crippen LogP contribution is 2.36. The second kappa shape index (κ2) is 8.89. The Balaban J connectivity index is 1.70. The summed E-state index contributed by atoms with van der Waals surface area (Å²) in [6.07, 6.45) is 2.35. The van der Waals surface area contributed by atoms with Gasteiger partial charge in [-0.2, -0.15) is 0 Å². The van der Waals surface area contributed by atoms with Gasteiger partial charge in [-0.3, -0.25) is 14.9 Å². The summed E-state index contributed by atoms with van der Waals surface area (Å²) in [5.41, 5.74) is 2.95. The zero-order valence-corrected chi connectivity index (χ0v) is 18.0. The number of para-hydroxylation sites is 1. The Morgan fingerprint density at radius 1 is 1.10 bits per heavy atom. The number of nitrogens with zero attached hydrogens (tertiary/aromatic N) is 4. The molecule has 1 aromatic heterocycles. The van der Waals surface area contributed by atoms with Crippen LogP contribution in [0.25, 0.3) is 10.9 Å². The van der Waals surface area contributed by atoms with Gasteiger partial charge in [0, 0.05) is 74.8 Å². The number of piperazine rings is 1. The van der Waals surface area contributed by atoms with Crippen LogP contribution in [0.5, 0.6) is 0 Å². The monoisotopic (exact) mass is 420 g/mol. The smallest absolute Gasteiger partial charge is 0.269 e. The number of likely N-dealkylation sites (N-methyl/N-ethyl adjacent to an activating group) is 1. The minimum absolute atomic E-state index is 0.0479. The van der Waals surface area contributed by atoms with Gasteiger partial charge in [-0.25, -0.2) is 0 Å². The highest BCUT2D eigenvalue weighted by Gasteiger charge is 2.27. The number of benzene rings is 2. The number of carbonyl (C=O) groups excluding carboxylic acids is 1. The Hall–Kier alpha value is -3.19. The average Bonchev–Trinajstić information content (AvgIpc) is 3.14. The molecule has 1 atom stereocenters. The molecule has 0 radical (unpaired) electrons. The molecule has 3 aromatic rings. The molecule has 31 heavy (non-hydrogen) atoms. The van der Waals surface area contributed by atoms with Crippen LogP contribution in [0.1, 0.15) is 30.4 Å². The summed E-state index contributed by atoms with van der Waals surface area (Å²) < 4.78 is 2.06. The van der Waals surface area contributed by atoms with Crippen molar-refractivity contribution in [3.8, 4) is 0 Å². The van der Waals surface area contributed by atoms with E-state index in [9.17, 15) is 14.9 Å². The molecule has 1 aliphatic rings. The number of nitro benzene ring substituents is 1. The number of amides is 1. The SMILES string of the molecule is CCN1CCN(C(=O)CC(c2cccc([N+](=O)[O-])c2)c2cn(C)c3ccccc23)CC1. The first-order valence-electron chi connectivity index (χ1n) is 10.8. The number of aromatic nitrogens is 1. The topological polar surface area (TPSA) is 71.6 Å². The van der Waals surface area contributed by atoms with Crippen LogP contribution in [-0.2, 0) is 11.8 Å². The van der Waals surface area contributed by atoms with Crippen LogP contribution in [0.2, 0.25) is 0 Å². The standard InChI is InChI=1S/C24H28N4O3/c1-3-26-11-13-27(14-12-26)24(29)16-21(18-7-6-8-19(15-18)28(30)31)22-17-25(2)23-10-5-4-9-20(22)23/h4-10,15,17,21H,3,11-14,16H2,1-2H3. The van der Waals surface area contributed by atoms with Crippen molar-refractivity contribution < 1.29 is 9.72 Å². The fourth-order valence-corrected chi connectivity index (χ4v) is 4.53. The molecule has 0 bridgehead atoms. The zero-order chi connectivity index (χ0) is 22.0. The quantitative estimate of drug-likeness (QED) is 0.450. The molecule has 4 rings (SSSR count). The summed E-state index contributed by atoms with van der Waals surface area (Å²) in [6.45, 7) is 6.36. The maximum Gasteiger partial charge on any atom is 0.269 e. The summed E-state index contributed by atoms with van der Waals surface area (Å²) >= 11 is 0. The number of hydrogen-bond donors (Lipinski definition) is 0. The Labute approximate surface area is 182 Å². The van der Waals surface area contributed by atoms with Gasteiger partial charge in [-0.15, -0.1) is 0 Å². The van der Waals surface area contributed by atoms with Crippen LogP contribution >= 0.6 is 0 Å². The maximum atomic E-state index is 13.3. The van der Waals surface area contributed by atoms with Gasteiger partial charge >= 0.3 is 0 Å². The van der Waals surface area contributed by atoms with Crippen LogP contribution < -0.4 is 0 Å². The first-order valence-corrected chi connectivity index (χ1v) is 10.8. The Bertz CT molecular complexity index is 1100. The molecule has 162 valence electrons. The molecule has 7 heteroatoms. The van der Waals surface area contributed by atoms with Crippen LogP contribution in [0.3, 0.4) is 0 Å². The summed E-state index contributed by atoms with van der Waals surface area (Å²) in [4.78, 5) is 28.6. The van der Waals surface area contributed by atoms with Gasteiger partial charge in [0.1, 0.15) is 0 Å². The van der Waals surface area contributed by atoms with E-state index in [0.717, 1.165) is 54.8 Å². The van der Waals surface area contributed by atoms with Gasteiger partial charge in [-0.1, -0.05) is 37.3 Å². The maximum absolute atomic E-state index is 13.3. The second-order valence-electron chi connectivity index (χ2n) is 8.14. The van der Waals surface area contributed by atoms with E-state index in [0.29, 0.717) is 6.42 Å². The van der Waals surface area contributed by atoms with Crippen LogP contribution in [-0.4, -0.2) is 57.9 Å². The van der Waals surface area contributed by atoms with E-state index >= 15 is 0 Å². The van der Waals surface area contributed by atoms with Crippen molar-refractivity contribution in [3.05, 3.63) is 76.0 Å². The van der Waals surface area contributed by atoms with Crippen LogP contribution in [0, 0.1) is 10.1 Å². The lowest BCUT2D eigenvalue weighted by Gasteiger charge is -2.34.